The van der Waals surface area contributed by atoms with Crippen molar-refractivity contribution in [1.82, 2.24) is 5.43 Å². The van der Waals surface area contributed by atoms with E-state index in [0.717, 1.165) is 5.56 Å². The third-order valence-corrected chi connectivity index (χ3v) is 2.74. The van der Waals surface area contributed by atoms with Gasteiger partial charge in [0.25, 0.3) is 5.91 Å². The molecule has 0 aliphatic rings. The van der Waals surface area contributed by atoms with Crippen molar-refractivity contribution in [3.05, 3.63) is 72.1 Å². The van der Waals surface area contributed by atoms with Gasteiger partial charge in [0.1, 0.15) is 5.82 Å². The molecule has 2 N–H and O–H groups in total. The molecule has 0 spiro atoms. The number of hydrogen-bond donors (Lipinski definition) is 2. The topological polar surface area (TPSA) is 53.5 Å². The summed E-state index contributed by atoms with van der Waals surface area (Å²) in [7, 11) is 0. The van der Waals surface area contributed by atoms with E-state index >= 15 is 0 Å². The van der Waals surface area contributed by atoms with Gasteiger partial charge in [-0.3, -0.25) is 4.79 Å². The summed E-state index contributed by atoms with van der Waals surface area (Å²) in [5, 5.41) is 6.67. The monoisotopic (exact) mass is 297 g/mol. The highest BCUT2D eigenvalue weighted by molar-refractivity contribution is 5.83. The molecule has 0 fully saturated rings. The van der Waals surface area contributed by atoms with Gasteiger partial charge < -0.3 is 5.32 Å². The van der Waals surface area contributed by atoms with Gasteiger partial charge in [0.05, 0.1) is 6.54 Å². The molecule has 0 heterocycles. The minimum absolute atomic E-state index is 0.0609. The van der Waals surface area contributed by atoms with Gasteiger partial charge in [-0.05, 0) is 35.9 Å². The molecule has 0 aliphatic heterocycles. The first kappa shape index (κ1) is 15.4. The first-order chi connectivity index (χ1) is 10.7. The smallest absolute Gasteiger partial charge is 0.259 e. The number of nitrogens with one attached hydrogen (secondary N) is 2. The number of anilines is 1. The molecule has 0 bridgehead atoms. The van der Waals surface area contributed by atoms with E-state index in [2.05, 4.69) is 15.8 Å². The Balaban J connectivity index is 1.70. The fourth-order valence-corrected chi connectivity index (χ4v) is 1.66. The van der Waals surface area contributed by atoms with Crippen LogP contribution >= 0.6 is 0 Å². The highest BCUT2D eigenvalue weighted by atomic mass is 19.1. The Bertz CT molecular complexity index is 651. The van der Waals surface area contributed by atoms with Gasteiger partial charge >= 0.3 is 0 Å². The number of rotatable bonds is 6. The van der Waals surface area contributed by atoms with E-state index in [0.29, 0.717) is 5.69 Å². The molecule has 0 unspecified atom stereocenters. The number of hydrogen-bond acceptors (Lipinski definition) is 3. The molecule has 22 heavy (non-hydrogen) atoms. The van der Waals surface area contributed by atoms with Gasteiger partial charge in [-0.15, -0.1) is 0 Å². The van der Waals surface area contributed by atoms with Crippen LogP contribution < -0.4 is 10.7 Å². The second-order valence-electron chi connectivity index (χ2n) is 4.44. The van der Waals surface area contributed by atoms with Crippen LogP contribution in [0.2, 0.25) is 0 Å². The zero-order chi connectivity index (χ0) is 15.6. The van der Waals surface area contributed by atoms with Crippen molar-refractivity contribution in [2.75, 3.05) is 11.9 Å². The van der Waals surface area contributed by atoms with Crippen LogP contribution in [-0.2, 0) is 4.79 Å². The van der Waals surface area contributed by atoms with E-state index in [1.807, 2.05) is 36.4 Å². The van der Waals surface area contributed by atoms with Gasteiger partial charge in [-0.2, -0.15) is 5.10 Å². The summed E-state index contributed by atoms with van der Waals surface area (Å²) in [6, 6.07) is 15.5. The van der Waals surface area contributed by atoms with Crippen LogP contribution in [0.3, 0.4) is 0 Å². The Morgan fingerprint density at radius 2 is 1.82 bits per heavy atom. The fourth-order valence-electron chi connectivity index (χ4n) is 1.66. The van der Waals surface area contributed by atoms with Crippen molar-refractivity contribution in [2.24, 2.45) is 5.10 Å². The number of amides is 1. The van der Waals surface area contributed by atoms with Crippen molar-refractivity contribution in [2.45, 2.75) is 0 Å². The maximum absolute atomic E-state index is 12.7. The summed E-state index contributed by atoms with van der Waals surface area (Å²) in [6.07, 6.45) is 5.12. The first-order valence-corrected chi connectivity index (χ1v) is 6.77. The van der Waals surface area contributed by atoms with E-state index in [4.69, 9.17) is 0 Å². The van der Waals surface area contributed by atoms with Crippen LogP contribution in [0.5, 0.6) is 0 Å². The van der Waals surface area contributed by atoms with Gasteiger partial charge in [0.15, 0.2) is 0 Å². The average Bonchev–Trinajstić information content (AvgIpc) is 2.55. The van der Waals surface area contributed by atoms with Crippen LogP contribution in [0.15, 0.2) is 65.8 Å². The second kappa shape index (κ2) is 8.36. The summed E-state index contributed by atoms with van der Waals surface area (Å²) in [5.41, 5.74) is 4.12. The number of carbonyl (C=O) groups is 1. The molecule has 2 aromatic carbocycles. The molecule has 0 atom stereocenters. The van der Waals surface area contributed by atoms with E-state index in [1.165, 1.54) is 18.3 Å². The van der Waals surface area contributed by atoms with Crippen molar-refractivity contribution in [3.8, 4) is 0 Å². The Labute approximate surface area is 128 Å². The lowest BCUT2D eigenvalue weighted by atomic mass is 10.2. The molecular weight excluding hydrogens is 281 g/mol. The quantitative estimate of drug-likeness (QED) is 0.636. The average molecular weight is 297 g/mol. The third kappa shape index (κ3) is 5.58. The van der Waals surface area contributed by atoms with Gasteiger partial charge in [0, 0.05) is 11.9 Å². The van der Waals surface area contributed by atoms with Crippen LogP contribution in [0.1, 0.15) is 5.56 Å². The summed E-state index contributed by atoms with van der Waals surface area (Å²) >= 11 is 0. The number of benzene rings is 2. The maximum atomic E-state index is 12.7. The lowest BCUT2D eigenvalue weighted by Crippen LogP contribution is -2.25. The SMILES string of the molecule is O=C(CNc1ccc(F)cc1)NN=CC=Cc1ccccc1. The van der Waals surface area contributed by atoms with Gasteiger partial charge in [-0.1, -0.05) is 36.4 Å². The summed E-state index contributed by atoms with van der Waals surface area (Å²) in [5.74, 6) is -0.599. The van der Waals surface area contributed by atoms with Crippen molar-refractivity contribution in [3.63, 3.8) is 0 Å². The Morgan fingerprint density at radius 1 is 1.09 bits per heavy atom. The predicted octanol–water partition coefficient (Wildman–Crippen LogP) is 3.05. The molecule has 2 aromatic rings. The minimum Gasteiger partial charge on any atom is -0.376 e. The van der Waals surface area contributed by atoms with Crippen LogP contribution in [0, 0.1) is 5.82 Å². The van der Waals surface area contributed by atoms with Crippen molar-refractivity contribution < 1.29 is 9.18 Å². The Morgan fingerprint density at radius 3 is 2.55 bits per heavy atom. The molecule has 112 valence electrons. The van der Waals surface area contributed by atoms with Crippen molar-refractivity contribution in [1.29, 1.82) is 0 Å². The molecule has 0 saturated carbocycles. The number of halogens is 1. The maximum Gasteiger partial charge on any atom is 0.259 e. The lowest BCUT2D eigenvalue weighted by Gasteiger charge is -2.04. The van der Waals surface area contributed by atoms with Crippen LogP contribution in [0.4, 0.5) is 10.1 Å². The first-order valence-electron chi connectivity index (χ1n) is 6.77. The number of nitrogens with zero attached hydrogens (tertiary/aromatic N) is 1. The largest absolute Gasteiger partial charge is 0.376 e. The lowest BCUT2D eigenvalue weighted by molar-refractivity contribution is -0.119. The van der Waals surface area contributed by atoms with Gasteiger partial charge in [0.2, 0.25) is 0 Å². The molecule has 0 aromatic heterocycles. The minimum atomic E-state index is -0.315. The molecule has 5 heteroatoms. The Hall–Kier alpha value is -2.95. The highest BCUT2D eigenvalue weighted by Crippen LogP contribution is 2.07. The molecule has 0 aliphatic carbocycles. The number of hydrazone groups is 1. The standard InChI is InChI=1S/C17H16FN3O/c18-15-8-10-16(11-9-15)19-13-17(22)21-20-12-4-7-14-5-2-1-3-6-14/h1-12,19H,13H2,(H,21,22). The fraction of sp³-hybridized carbons (Fsp3) is 0.0588. The number of allylic oxidation sites excluding steroid dienone is 1. The third-order valence-electron chi connectivity index (χ3n) is 2.74. The molecular formula is C17H16FN3O. The van der Waals surface area contributed by atoms with E-state index in [9.17, 15) is 9.18 Å². The summed E-state index contributed by atoms with van der Waals surface area (Å²) < 4.78 is 12.7. The van der Waals surface area contributed by atoms with E-state index in [1.54, 1.807) is 18.2 Å². The van der Waals surface area contributed by atoms with E-state index in [-0.39, 0.29) is 18.3 Å². The highest BCUT2D eigenvalue weighted by Gasteiger charge is 1.99. The van der Waals surface area contributed by atoms with Crippen molar-refractivity contribution >= 4 is 23.9 Å². The predicted molar refractivity (Wildman–Crippen MR) is 87.0 cm³/mol. The molecule has 1 amide bonds. The summed E-state index contributed by atoms with van der Waals surface area (Å²) in [4.78, 5) is 11.5. The number of carbonyl (C=O) groups excluding carboxylic acids is 1. The summed E-state index contributed by atoms with van der Waals surface area (Å²) in [6.45, 7) is 0.0609. The van der Waals surface area contributed by atoms with Crippen LogP contribution in [-0.4, -0.2) is 18.7 Å². The normalized spacial score (nSPS) is 11.0. The zero-order valence-corrected chi connectivity index (χ0v) is 11.9. The molecule has 4 nitrogen and oxygen atoms in total. The Kier molecular flexibility index (Phi) is 5.87. The zero-order valence-electron chi connectivity index (χ0n) is 11.9. The molecule has 0 saturated heterocycles. The molecule has 0 radical (unpaired) electrons. The van der Waals surface area contributed by atoms with Crippen LogP contribution in [0.25, 0.3) is 6.08 Å². The van der Waals surface area contributed by atoms with E-state index < -0.39 is 0 Å². The second-order valence-corrected chi connectivity index (χ2v) is 4.44. The molecule has 2 rings (SSSR count). The van der Waals surface area contributed by atoms with Gasteiger partial charge in [-0.25, -0.2) is 9.82 Å².